The summed E-state index contributed by atoms with van der Waals surface area (Å²) in [6, 6.07) is 26.4. The summed E-state index contributed by atoms with van der Waals surface area (Å²) in [6.07, 6.45) is 0.118. The first-order valence-corrected chi connectivity index (χ1v) is 14.0. The Morgan fingerprint density at radius 1 is 0.773 bits per heavy atom. The van der Waals surface area contributed by atoms with Crippen LogP contribution < -0.4 is 5.32 Å². The van der Waals surface area contributed by atoms with E-state index in [0.717, 1.165) is 34.1 Å². The van der Waals surface area contributed by atoms with Crippen molar-refractivity contribution in [2.75, 3.05) is 14.2 Å². The van der Waals surface area contributed by atoms with Gasteiger partial charge in [0.2, 0.25) is 0 Å². The highest BCUT2D eigenvalue weighted by molar-refractivity contribution is 5.97. The van der Waals surface area contributed by atoms with Gasteiger partial charge < -0.3 is 14.8 Å². The quantitative estimate of drug-likeness (QED) is 0.177. The van der Waals surface area contributed by atoms with Crippen LogP contribution in [0, 0.1) is 11.8 Å². The lowest BCUT2D eigenvalue weighted by atomic mass is 9.99. The van der Waals surface area contributed by atoms with Gasteiger partial charge in [-0.2, -0.15) is 0 Å². The van der Waals surface area contributed by atoms with Gasteiger partial charge >= 0.3 is 12.1 Å². The number of amides is 2. The molecule has 2 atom stereocenters. The maximum Gasteiger partial charge on any atom is 0.410 e. The first-order valence-electron chi connectivity index (χ1n) is 14.0. The van der Waals surface area contributed by atoms with E-state index in [-0.39, 0.29) is 0 Å². The van der Waals surface area contributed by atoms with Crippen molar-refractivity contribution in [2.45, 2.75) is 25.0 Å². The number of methoxy groups -OCH3 is 2. The molecule has 0 aromatic heterocycles. The fourth-order valence-electron chi connectivity index (χ4n) is 5.42. The number of nitrogens with zero attached hydrogens (tertiary/aromatic N) is 1. The van der Waals surface area contributed by atoms with Gasteiger partial charge in [-0.15, -0.1) is 0 Å². The van der Waals surface area contributed by atoms with Crippen molar-refractivity contribution in [1.82, 2.24) is 10.2 Å². The minimum atomic E-state index is -1.21. The molecule has 1 aliphatic rings. The monoisotopic (exact) mass is 586 g/mol. The standard InChI is InChI=1S/C36H30N2O6/c1-23(38(36(42)44-3)33-30-10-6-4-8-28(30)29-9-5-7-11-31(29)33)32(35(41)43-2)37-34(40)27-20-18-25(19-21-27)13-12-24-14-16-26(22-39)17-15-24/h4-11,14-23,32-33H,1-3H3,(H,37,40)/t23-,32?/m0/s1. The van der Waals surface area contributed by atoms with Gasteiger partial charge in [-0.05, 0) is 65.6 Å². The van der Waals surface area contributed by atoms with Gasteiger partial charge in [0, 0.05) is 22.3 Å². The van der Waals surface area contributed by atoms with Crippen LogP contribution in [0.4, 0.5) is 4.79 Å². The third-order valence-corrected chi connectivity index (χ3v) is 7.67. The van der Waals surface area contributed by atoms with Gasteiger partial charge in [0.1, 0.15) is 12.3 Å². The van der Waals surface area contributed by atoms with E-state index in [1.807, 2.05) is 48.5 Å². The number of benzene rings is 4. The zero-order valence-corrected chi connectivity index (χ0v) is 24.4. The van der Waals surface area contributed by atoms with Crippen LogP contribution in [0.5, 0.6) is 0 Å². The highest BCUT2D eigenvalue weighted by atomic mass is 16.5. The molecule has 4 aromatic rings. The Morgan fingerprint density at radius 3 is 1.80 bits per heavy atom. The molecule has 220 valence electrons. The Labute approximate surface area is 255 Å². The number of ether oxygens (including phenoxy) is 2. The molecule has 5 rings (SSSR count). The van der Waals surface area contributed by atoms with Crippen molar-refractivity contribution in [2.24, 2.45) is 0 Å². The molecule has 0 aliphatic heterocycles. The van der Waals surface area contributed by atoms with Crippen molar-refractivity contribution < 1.29 is 28.7 Å². The number of nitrogens with one attached hydrogen (secondary N) is 1. The van der Waals surface area contributed by atoms with Gasteiger partial charge in [-0.25, -0.2) is 9.59 Å². The van der Waals surface area contributed by atoms with Crippen LogP contribution in [-0.2, 0) is 14.3 Å². The zero-order valence-electron chi connectivity index (χ0n) is 24.4. The minimum Gasteiger partial charge on any atom is -0.467 e. The van der Waals surface area contributed by atoms with Gasteiger partial charge in [0.25, 0.3) is 5.91 Å². The normalized spacial score (nSPS) is 12.8. The molecule has 8 heteroatoms. The van der Waals surface area contributed by atoms with E-state index in [1.165, 1.54) is 19.1 Å². The number of hydrogen-bond acceptors (Lipinski definition) is 6. The molecule has 8 nitrogen and oxygen atoms in total. The smallest absolute Gasteiger partial charge is 0.410 e. The number of fused-ring (bicyclic) bond motifs is 3. The summed E-state index contributed by atoms with van der Waals surface area (Å²) >= 11 is 0. The van der Waals surface area contributed by atoms with Crippen molar-refractivity contribution in [3.8, 4) is 23.0 Å². The Morgan fingerprint density at radius 2 is 1.30 bits per heavy atom. The maximum atomic E-state index is 13.4. The molecule has 1 unspecified atom stereocenters. The molecular weight excluding hydrogens is 556 g/mol. The molecule has 0 radical (unpaired) electrons. The topological polar surface area (TPSA) is 102 Å². The summed E-state index contributed by atoms with van der Waals surface area (Å²) in [5.41, 5.74) is 6.02. The van der Waals surface area contributed by atoms with E-state index in [4.69, 9.17) is 9.47 Å². The second kappa shape index (κ2) is 13.1. The predicted octanol–water partition coefficient (Wildman–Crippen LogP) is 5.40. The second-order valence-electron chi connectivity index (χ2n) is 10.2. The number of rotatable bonds is 7. The van der Waals surface area contributed by atoms with Crippen LogP contribution in [0.15, 0.2) is 97.1 Å². The number of hydrogen-bond donors (Lipinski definition) is 1. The molecule has 0 heterocycles. The highest BCUT2D eigenvalue weighted by Gasteiger charge is 2.43. The van der Waals surface area contributed by atoms with Crippen molar-refractivity contribution >= 4 is 24.3 Å². The molecule has 4 aromatic carbocycles. The molecule has 0 spiro atoms. The van der Waals surface area contributed by atoms with Crippen LogP contribution in [-0.4, -0.2) is 55.5 Å². The molecule has 0 saturated carbocycles. The first-order chi connectivity index (χ1) is 21.4. The second-order valence-corrected chi connectivity index (χ2v) is 10.2. The Bertz CT molecular complexity index is 1720. The van der Waals surface area contributed by atoms with Crippen LogP contribution in [0.3, 0.4) is 0 Å². The van der Waals surface area contributed by atoms with Crippen LogP contribution in [0.1, 0.15) is 55.9 Å². The third kappa shape index (κ3) is 5.94. The summed E-state index contributed by atoms with van der Waals surface area (Å²) in [7, 11) is 2.52. The van der Waals surface area contributed by atoms with E-state index in [2.05, 4.69) is 17.2 Å². The van der Waals surface area contributed by atoms with Crippen molar-refractivity contribution in [3.05, 3.63) is 130 Å². The fourth-order valence-corrected chi connectivity index (χ4v) is 5.42. The Kier molecular flexibility index (Phi) is 8.87. The van der Waals surface area contributed by atoms with Gasteiger partial charge in [0.15, 0.2) is 0 Å². The largest absolute Gasteiger partial charge is 0.467 e. The molecule has 44 heavy (non-hydrogen) atoms. The first kappa shape index (κ1) is 29.8. The molecule has 1 aliphatic carbocycles. The number of carbonyl (C=O) groups excluding carboxylic acids is 4. The maximum absolute atomic E-state index is 13.4. The Hall–Kier alpha value is -5.68. The Balaban J connectivity index is 1.40. The van der Waals surface area contributed by atoms with Gasteiger partial charge in [-0.3, -0.25) is 14.5 Å². The SMILES string of the molecule is COC(=O)C(NC(=O)c1ccc(C#Cc2ccc(C=O)cc2)cc1)[C@H](C)N(C(=O)OC)C1c2ccccc2-c2ccccc21. The third-order valence-electron chi connectivity index (χ3n) is 7.67. The lowest BCUT2D eigenvalue weighted by molar-refractivity contribution is -0.144. The minimum absolute atomic E-state index is 0.299. The summed E-state index contributed by atoms with van der Waals surface area (Å²) in [4.78, 5) is 52.2. The summed E-state index contributed by atoms with van der Waals surface area (Å²) in [5, 5.41) is 2.78. The lowest BCUT2D eigenvalue weighted by Gasteiger charge is -2.37. The van der Waals surface area contributed by atoms with E-state index < -0.39 is 36.1 Å². The summed E-state index contributed by atoms with van der Waals surface area (Å²) < 4.78 is 10.3. The average Bonchev–Trinajstić information content (AvgIpc) is 3.40. The molecule has 0 saturated heterocycles. The number of carbonyl (C=O) groups is 4. The number of esters is 1. The van der Waals surface area contributed by atoms with Gasteiger partial charge in [-0.1, -0.05) is 72.5 Å². The molecule has 0 bridgehead atoms. The van der Waals surface area contributed by atoms with Crippen LogP contribution in [0.25, 0.3) is 11.1 Å². The van der Waals surface area contributed by atoms with E-state index in [9.17, 15) is 19.2 Å². The van der Waals surface area contributed by atoms with Crippen molar-refractivity contribution in [1.29, 1.82) is 0 Å². The van der Waals surface area contributed by atoms with Gasteiger partial charge in [0.05, 0.1) is 26.3 Å². The summed E-state index contributed by atoms with van der Waals surface area (Å²) in [6.45, 7) is 1.68. The highest BCUT2D eigenvalue weighted by Crippen LogP contribution is 2.47. The molecular formula is C36H30N2O6. The van der Waals surface area contributed by atoms with E-state index in [1.54, 1.807) is 55.5 Å². The lowest BCUT2D eigenvalue weighted by Crippen LogP contribution is -2.57. The number of aldehydes is 1. The predicted molar refractivity (Wildman–Crippen MR) is 165 cm³/mol. The average molecular weight is 587 g/mol. The fraction of sp³-hybridized carbons (Fsp3) is 0.167. The zero-order chi connectivity index (χ0) is 31.2. The van der Waals surface area contributed by atoms with Crippen LogP contribution >= 0.6 is 0 Å². The molecule has 0 fully saturated rings. The van der Waals surface area contributed by atoms with E-state index >= 15 is 0 Å². The summed E-state index contributed by atoms with van der Waals surface area (Å²) in [5.74, 6) is 4.83. The van der Waals surface area contributed by atoms with Crippen molar-refractivity contribution in [3.63, 3.8) is 0 Å². The molecule has 1 N–H and O–H groups in total. The van der Waals surface area contributed by atoms with E-state index in [0.29, 0.717) is 16.7 Å². The molecule has 2 amide bonds. The van der Waals surface area contributed by atoms with Crippen LogP contribution in [0.2, 0.25) is 0 Å².